The average Bonchev–Trinajstić information content (AvgIpc) is 2.26. The molecule has 0 saturated heterocycles. The Morgan fingerprint density at radius 3 is 2.21 bits per heavy atom. The molecule has 0 amide bonds. The molecule has 0 aliphatic heterocycles. The molecule has 0 aliphatic rings. The summed E-state index contributed by atoms with van der Waals surface area (Å²) in [7, 11) is -3.86. The smallest absolute Gasteiger partial charge is 0.264 e. The first-order chi connectivity index (χ1) is 8.68. The quantitative estimate of drug-likeness (QED) is 0.816. The molecule has 1 N–H and O–H groups in total. The molecule has 0 fully saturated rings. The van der Waals surface area contributed by atoms with E-state index in [-0.39, 0.29) is 11.3 Å². The van der Waals surface area contributed by atoms with Crippen LogP contribution in [0.4, 0.5) is 0 Å². The van der Waals surface area contributed by atoms with E-state index in [1.54, 1.807) is 0 Å². The van der Waals surface area contributed by atoms with Crippen LogP contribution >= 0.6 is 0 Å². The molecule has 1 aromatic rings. The van der Waals surface area contributed by atoms with Gasteiger partial charge in [0, 0.05) is 18.6 Å². The lowest BCUT2D eigenvalue weighted by molar-refractivity contribution is 0.128. The molecule has 0 spiro atoms. The molecular weight excluding hydrogens is 262 g/mol. The van der Waals surface area contributed by atoms with Gasteiger partial charge >= 0.3 is 0 Å². The van der Waals surface area contributed by atoms with E-state index in [0.717, 1.165) is 6.54 Å². The lowest BCUT2D eigenvalue weighted by Gasteiger charge is -2.35. The fourth-order valence-corrected chi connectivity index (χ4v) is 2.39. The highest BCUT2D eigenvalue weighted by molar-refractivity contribution is 7.85. The van der Waals surface area contributed by atoms with E-state index in [4.69, 9.17) is 4.55 Å². The Morgan fingerprint density at radius 2 is 1.74 bits per heavy atom. The fraction of sp³-hybridized carbons (Fsp3) is 0.571. The minimum atomic E-state index is -3.86. The molecule has 108 valence electrons. The zero-order valence-electron chi connectivity index (χ0n) is 11.8. The topological polar surface area (TPSA) is 57.6 Å². The summed E-state index contributed by atoms with van der Waals surface area (Å²) in [5, 5.41) is 0. The Hall–Kier alpha value is -0.910. The molecule has 0 saturated carbocycles. The monoisotopic (exact) mass is 285 g/mol. The van der Waals surface area contributed by atoms with E-state index in [1.165, 1.54) is 5.56 Å². The average molecular weight is 285 g/mol. The maximum absolute atomic E-state index is 10.8. The maximum Gasteiger partial charge on any atom is 0.264 e. The van der Waals surface area contributed by atoms with Gasteiger partial charge in [-0.3, -0.25) is 9.45 Å². The van der Waals surface area contributed by atoms with Gasteiger partial charge in [0.1, 0.15) is 0 Å². The molecule has 0 heterocycles. The van der Waals surface area contributed by atoms with Crippen molar-refractivity contribution in [2.45, 2.75) is 39.3 Å². The molecule has 0 radical (unpaired) electrons. The van der Waals surface area contributed by atoms with E-state index < -0.39 is 10.1 Å². The van der Waals surface area contributed by atoms with Crippen LogP contribution in [0.3, 0.4) is 0 Å². The molecule has 0 unspecified atom stereocenters. The van der Waals surface area contributed by atoms with Crippen molar-refractivity contribution >= 4 is 10.1 Å². The van der Waals surface area contributed by atoms with Gasteiger partial charge in [-0.25, -0.2) is 0 Å². The maximum atomic E-state index is 10.8. The SMILES string of the molecule is CC(C)(C)N(CCCS(=O)(=O)O)Cc1ccccc1. The van der Waals surface area contributed by atoms with Crippen molar-refractivity contribution in [3.05, 3.63) is 35.9 Å². The number of nitrogens with zero attached hydrogens (tertiary/aromatic N) is 1. The second-order valence-electron chi connectivity index (χ2n) is 5.72. The third-order valence-corrected chi connectivity index (χ3v) is 3.80. The summed E-state index contributed by atoms with van der Waals surface area (Å²) < 4.78 is 30.3. The Labute approximate surface area is 116 Å². The Bertz CT molecular complexity index is 477. The number of hydrogen-bond acceptors (Lipinski definition) is 3. The highest BCUT2D eigenvalue weighted by Crippen LogP contribution is 2.17. The van der Waals surface area contributed by atoms with Crippen molar-refractivity contribution in [2.24, 2.45) is 0 Å². The Morgan fingerprint density at radius 1 is 1.16 bits per heavy atom. The number of hydrogen-bond donors (Lipinski definition) is 1. The van der Waals surface area contributed by atoms with Gasteiger partial charge in [-0.1, -0.05) is 30.3 Å². The van der Waals surface area contributed by atoms with Crippen LogP contribution in [0.5, 0.6) is 0 Å². The summed E-state index contributed by atoms with van der Waals surface area (Å²) in [6, 6.07) is 10.1. The summed E-state index contributed by atoms with van der Waals surface area (Å²) in [5.41, 5.74) is 1.15. The zero-order valence-corrected chi connectivity index (χ0v) is 12.7. The van der Waals surface area contributed by atoms with Gasteiger partial charge in [0.2, 0.25) is 0 Å². The third kappa shape index (κ3) is 6.71. The highest BCUT2D eigenvalue weighted by Gasteiger charge is 2.21. The van der Waals surface area contributed by atoms with Crippen molar-refractivity contribution in [3.63, 3.8) is 0 Å². The Kier molecular flexibility index (Phi) is 5.52. The molecule has 19 heavy (non-hydrogen) atoms. The summed E-state index contributed by atoms with van der Waals surface area (Å²) >= 11 is 0. The van der Waals surface area contributed by atoms with Crippen LogP contribution in [0.2, 0.25) is 0 Å². The second-order valence-corrected chi connectivity index (χ2v) is 7.29. The van der Waals surface area contributed by atoms with Crippen molar-refractivity contribution in [2.75, 3.05) is 12.3 Å². The van der Waals surface area contributed by atoms with Crippen LogP contribution in [0.1, 0.15) is 32.8 Å². The van der Waals surface area contributed by atoms with Gasteiger partial charge in [0.05, 0.1) is 5.75 Å². The predicted octanol–water partition coefficient (Wildman–Crippen LogP) is 2.57. The number of rotatable bonds is 6. The van der Waals surface area contributed by atoms with Gasteiger partial charge < -0.3 is 0 Å². The highest BCUT2D eigenvalue weighted by atomic mass is 32.2. The number of benzene rings is 1. The molecule has 1 aromatic carbocycles. The van der Waals surface area contributed by atoms with Crippen LogP contribution in [0, 0.1) is 0 Å². The van der Waals surface area contributed by atoms with Crippen molar-refractivity contribution in [1.29, 1.82) is 0 Å². The molecule has 0 aliphatic carbocycles. The molecule has 4 nitrogen and oxygen atoms in total. The van der Waals surface area contributed by atoms with Gasteiger partial charge in [0.25, 0.3) is 10.1 Å². The van der Waals surface area contributed by atoms with Gasteiger partial charge in [-0.05, 0) is 32.8 Å². The standard InChI is InChI=1S/C14H23NO3S/c1-14(2,3)15(10-7-11-19(16,17)18)12-13-8-5-4-6-9-13/h4-6,8-9H,7,10-12H2,1-3H3,(H,16,17,18). The van der Waals surface area contributed by atoms with E-state index in [9.17, 15) is 8.42 Å². The van der Waals surface area contributed by atoms with Crippen LogP contribution in [-0.4, -0.2) is 35.7 Å². The predicted molar refractivity (Wildman–Crippen MR) is 77.6 cm³/mol. The second kappa shape index (κ2) is 6.50. The summed E-state index contributed by atoms with van der Waals surface area (Å²) in [6.45, 7) is 7.71. The third-order valence-electron chi connectivity index (χ3n) is 3.00. The first kappa shape index (κ1) is 16.1. The normalized spacial score (nSPS) is 12.9. The van der Waals surface area contributed by atoms with E-state index >= 15 is 0 Å². The minimum Gasteiger partial charge on any atom is -0.294 e. The zero-order chi connectivity index (χ0) is 14.5. The summed E-state index contributed by atoms with van der Waals surface area (Å²) in [5.74, 6) is -0.186. The van der Waals surface area contributed by atoms with E-state index in [1.807, 2.05) is 18.2 Å². The van der Waals surface area contributed by atoms with Crippen LogP contribution in [-0.2, 0) is 16.7 Å². The Balaban J connectivity index is 2.63. The van der Waals surface area contributed by atoms with Crippen LogP contribution < -0.4 is 0 Å². The first-order valence-electron chi connectivity index (χ1n) is 6.42. The lowest BCUT2D eigenvalue weighted by Crippen LogP contribution is -2.41. The van der Waals surface area contributed by atoms with Gasteiger partial charge in [-0.15, -0.1) is 0 Å². The summed E-state index contributed by atoms with van der Waals surface area (Å²) in [4.78, 5) is 2.22. The van der Waals surface area contributed by atoms with E-state index in [2.05, 4.69) is 37.8 Å². The lowest BCUT2D eigenvalue weighted by atomic mass is 10.0. The fourth-order valence-electron chi connectivity index (χ4n) is 1.89. The van der Waals surface area contributed by atoms with Gasteiger partial charge in [-0.2, -0.15) is 8.42 Å². The van der Waals surface area contributed by atoms with Crippen molar-refractivity contribution in [3.8, 4) is 0 Å². The van der Waals surface area contributed by atoms with Crippen molar-refractivity contribution < 1.29 is 13.0 Å². The molecule has 1 rings (SSSR count). The van der Waals surface area contributed by atoms with E-state index in [0.29, 0.717) is 13.0 Å². The van der Waals surface area contributed by atoms with Crippen LogP contribution in [0.25, 0.3) is 0 Å². The van der Waals surface area contributed by atoms with Crippen molar-refractivity contribution in [1.82, 2.24) is 4.90 Å². The largest absolute Gasteiger partial charge is 0.294 e. The first-order valence-corrected chi connectivity index (χ1v) is 8.03. The minimum absolute atomic E-state index is 0.0466. The summed E-state index contributed by atoms with van der Waals surface area (Å²) in [6.07, 6.45) is 0.433. The molecule has 0 atom stereocenters. The molecular formula is C14H23NO3S. The van der Waals surface area contributed by atoms with Gasteiger partial charge in [0.15, 0.2) is 0 Å². The molecule has 0 bridgehead atoms. The molecule has 5 heteroatoms. The van der Waals surface area contributed by atoms with Crippen LogP contribution in [0.15, 0.2) is 30.3 Å². The molecule has 0 aromatic heterocycles.